The van der Waals surface area contributed by atoms with Crippen molar-refractivity contribution in [1.29, 1.82) is 0 Å². The fourth-order valence-electron chi connectivity index (χ4n) is 4.26. The van der Waals surface area contributed by atoms with E-state index in [-0.39, 0.29) is 0 Å². The van der Waals surface area contributed by atoms with Crippen LogP contribution < -0.4 is 4.90 Å². The molecule has 1 aliphatic rings. The Morgan fingerprint density at radius 3 is 2.88 bits per heavy atom. The number of ether oxygens (including phenoxy) is 1. The van der Waals surface area contributed by atoms with Crippen molar-refractivity contribution in [2.75, 3.05) is 18.1 Å². The van der Waals surface area contributed by atoms with E-state index in [4.69, 9.17) is 9.72 Å². The van der Waals surface area contributed by atoms with Crippen LogP contribution in [0.1, 0.15) is 22.5 Å². The first kappa shape index (κ1) is 20.3. The van der Waals surface area contributed by atoms with Crippen LogP contribution in [0.25, 0.3) is 16.7 Å². The summed E-state index contributed by atoms with van der Waals surface area (Å²) in [7, 11) is 1.85. The maximum atomic E-state index is 15.2. The predicted octanol–water partition coefficient (Wildman–Crippen LogP) is 2.92. The van der Waals surface area contributed by atoms with E-state index in [1.807, 2.05) is 36.3 Å². The molecule has 168 valence electrons. The molecule has 10 heteroatoms. The molecule has 5 aromatic rings. The Bertz CT molecular complexity index is 1630. The fourth-order valence-corrected chi connectivity index (χ4v) is 4.26. The molecule has 0 saturated carbocycles. The predicted molar refractivity (Wildman–Crippen MR) is 123 cm³/mol. The van der Waals surface area contributed by atoms with Crippen molar-refractivity contribution in [2.45, 2.75) is 13.5 Å². The number of aromatic nitrogens is 7. The average Bonchev–Trinajstić information content (AvgIpc) is 3.35. The molecule has 0 bridgehead atoms. The topological polar surface area (TPSA) is 86.3 Å². The molecule has 0 unspecified atom stereocenters. The van der Waals surface area contributed by atoms with Crippen molar-refractivity contribution >= 4 is 28.2 Å². The summed E-state index contributed by atoms with van der Waals surface area (Å²) in [5, 5.41) is 12.8. The largest absolute Gasteiger partial charge is 0.375 e. The number of benzene rings is 1. The Kier molecular flexibility index (Phi) is 4.71. The van der Waals surface area contributed by atoms with E-state index in [1.165, 1.54) is 6.20 Å². The van der Waals surface area contributed by atoms with E-state index >= 15 is 4.39 Å². The van der Waals surface area contributed by atoms with Gasteiger partial charge in [0.15, 0.2) is 5.82 Å². The van der Waals surface area contributed by atoms with Crippen LogP contribution in [0.3, 0.4) is 0 Å². The second kappa shape index (κ2) is 7.90. The Hall–Kier alpha value is -4.36. The van der Waals surface area contributed by atoms with Crippen LogP contribution in [-0.4, -0.2) is 47.5 Å². The number of nitrogens with zero attached hydrogens (tertiary/aromatic N) is 8. The van der Waals surface area contributed by atoms with Gasteiger partial charge in [0.05, 0.1) is 48.3 Å². The lowest BCUT2D eigenvalue weighted by atomic mass is 10.0. The molecule has 0 aliphatic carbocycles. The monoisotopic (exact) mass is 454 g/mol. The molecular formula is C24H19FN8O. The fraction of sp³-hybridized carbons (Fsp3) is 0.208. The Balaban J connectivity index is 1.56. The molecule has 34 heavy (non-hydrogen) atoms. The summed E-state index contributed by atoms with van der Waals surface area (Å²) in [4.78, 5) is 10.7. The number of hydrogen-bond donors (Lipinski definition) is 0. The third kappa shape index (κ3) is 3.25. The number of fused-ring (bicyclic) bond motifs is 4. The van der Waals surface area contributed by atoms with E-state index in [0.29, 0.717) is 48.1 Å². The lowest BCUT2D eigenvalue weighted by Crippen LogP contribution is -2.23. The van der Waals surface area contributed by atoms with Crippen molar-refractivity contribution < 1.29 is 9.13 Å². The third-order valence-electron chi connectivity index (χ3n) is 5.81. The van der Waals surface area contributed by atoms with Gasteiger partial charge >= 0.3 is 0 Å². The van der Waals surface area contributed by atoms with Crippen molar-refractivity contribution in [1.82, 2.24) is 34.3 Å². The zero-order chi connectivity index (χ0) is 23.2. The molecule has 0 radical (unpaired) electrons. The van der Waals surface area contributed by atoms with Crippen LogP contribution in [0.5, 0.6) is 0 Å². The first-order valence-corrected chi connectivity index (χ1v) is 10.7. The van der Waals surface area contributed by atoms with Crippen LogP contribution in [0.2, 0.25) is 0 Å². The van der Waals surface area contributed by atoms with E-state index in [0.717, 1.165) is 22.4 Å². The molecule has 5 heterocycles. The van der Waals surface area contributed by atoms with E-state index in [2.05, 4.69) is 32.1 Å². The Morgan fingerprint density at radius 2 is 2.03 bits per heavy atom. The quantitative estimate of drug-likeness (QED) is 0.360. The summed E-state index contributed by atoms with van der Waals surface area (Å²) in [6, 6.07) is 5.87. The standard InChI is InChI=1S/C24H19FN8O/c1-15-29-30-24-28-23(22-19(25)11-26-12-21(22)33(15)24)32-8-9-34-14-18-17(4-3-5-20(18)32)7-6-16-10-27-31(2)13-16/h3-5,10-13H,8-9,14H2,1-2H3. The number of aryl methyl sites for hydroxylation is 2. The second-order valence-electron chi connectivity index (χ2n) is 7.99. The molecular weight excluding hydrogens is 435 g/mol. The maximum absolute atomic E-state index is 15.2. The molecule has 0 N–H and O–H groups in total. The van der Waals surface area contributed by atoms with Crippen LogP contribution in [0.4, 0.5) is 15.9 Å². The highest BCUT2D eigenvalue weighted by Gasteiger charge is 2.25. The Morgan fingerprint density at radius 1 is 1.12 bits per heavy atom. The number of pyridine rings is 1. The first-order chi connectivity index (χ1) is 16.6. The summed E-state index contributed by atoms with van der Waals surface area (Å²) >= 11 is 0. The molecule has 1 aliphatic heterocycles. The molecule has 0 spiro atoms. The van der Waals surface area contributed by atoms with E-state index < -0.39 is 5.82 Å². The summed E-state index contributed by atoms with van der Waals surface area (Å²) in [5.41, 5.74) is 3.99. The summed E-state index contributed by atoms with van der Waals surface area (Å²) < 4.78 is 24.5. The lowest BCUT2D eigenvalue weighted by molar-refractivity contribution is 0.133. The third-order valence-corrected chi connectivity index (χ3v) is 5.81. The van der Waals surface area contributed by atoms with Gasteiger partial charge in [0.2, 0.25) is 0 Å². The highest BCUT2D eigenvalue weighted by molar-refractivity contribution is 5.94. The summed E-state index contributed by atoms with van der Waals surface area (Å²) in [6.45, 7) is 3.11. The molecule has 0 amide bonds. The molecule has 1 aromatic carbocycles. The van der Waals surface area contributed by atoms with Crippen molar-refractivity contribution in [2.24, 2.45) is 7.05 Å². The van der Waals surface area contributed by atoms with Crippen molar-refractivity contribution in [3.63, 3.8) is 0 Å². The van der Waals surface area contributed by atoms with E-state index in [1.54, 1.807) is 28.4 Å². The van der Waals surface area contributed by atoms with Gasteiger partial charge in [0.1, 0.15) is 11.6 Å². The number of halogens is 1. The zero-order valence-electron chi connectivity index (χ0n) is 18.5. The average molecular weight is 454 g/mol. The smallest absolute Gasteiger partial charge is 0.257 e. The normalized spacial score (nSPS) is 13.6. The minimum Gasteiger partial charge on any atom is -0.375 e. The van der Waals surface area contributed by atoms with Gasteiger partial charge in [-0.15, -0.1) is 10.2 Å². The van der Waals surface area contributed by atoms with Gasteiger partial charge in [0, 0.05) is 36.6 Å². The van der Waals surface area contributed by atoms with Gasteiger partial charge in [-0.3, -0.25) is 14.1 Å². The molecule has 0 saturated heterocycles. The minimum atomic E-state index is -0.464. The second-order valence-corrected chi connectivity index (χ2v) is 7.99. The van der Waals surface area contributed by atoms with Crippen molar-refractivity contribution in [3.8, 4) is 11.8 Å². The van der Waals surface area contributed by atoms with Crippen LogP contribution >= 0.6 is 0 Å². The maximum Gasteiger partial charge on any atom is 0.257 e. The summed E-state index contributed by atoms with van der Waals surface area (Å²) in [5.74, 6) is 7.37. The zero-order valence-corrected chi connectivity index (χ0v) is 18.5. The van der Waals surface area contributed by atoms with Gasteiger partial charge in [-0.25, -0.2) is 4.39 Å². The molecule has 4 aromatic heterocycles. The summed E-state index contributed by atoms with van der Waals surface area (Å²) in [6.07, 6.45) is 6.39. The highest BCUT2D eigenvalue weighted by atomic mass is 19.1. The SMILES string of the molecule is Cc1nnc2nc(N3CCOCc4c(C#Cc5cnn(C)c5)cccc43)c3c(F)cncc3n12. The lowest BCUT2D eigenvalue weighted by Gasteiger charge is -2.25. The van der Waals surface area contributed by atoms with Gasteiger partial charge < -0.3 is 9.64 Å². The van der Waals surface area contributed by atoms with Crippen molar-refractivity contribution in [3.05, 3.63) is 71.3 Å². The number of rotatable bonds is 1. The van der Waals surface area contributed by atoms with E-state index in [9.17, 15) is 0 Å². The van der Waals surface area contributed by atoms with Gasteiger partial charge in [0.25, 0.3) is 5.78 Å². The Labute approximate surface area is 193 Å². The number of hydrogen-bond acceptors (Lipinski definition) is 7. The highest BCUT2D eigenvalue weighted by Crippen LogP contribution is 2.36. The molecule has 6 rings (SSSR count). The van der Waals surface area contributed by atoms with Crippen LogP contribution in [0, 0.1) is 24.6 Å². The van der Waals surface area contributed by atoms with Gasteiger partial charge in [-0.05, 0) is 19.1 Å². The van der Waals surface area contributed by atoms with Gasteiger partial charge in [-0.2, -0.15) is 10.1 Å². The molecule has 9 nitrogen and oxygen atoms in total. The van der Waals surface area contributed by atoms with Gasteiger partial charge in [-0.1, -0.05) is 17.9 Å². The first-order valence-electron chi connectivity index (χ1n) is 10.7. The molecule has 0 atom stereocenters. The van der Waals surface area contributed by atoms with Crippen LogP contribution in [0.15, 0.2) is 43.0 Å². The number of anilines is 2. The minimum absolute atomic E-state index is 0.352. The molecule has 0 fully saturated rings. The van der Waals surface area contributed by atoms with Crippen LogP contribution in [-0.2, 0) is 18.4 Å².